The Hall–Kier alpha value is -0.370. The first-order valence-electron chi connectivity index (χ1n) is 5.60. The van der Waals surface area contributed by atoms with Gasteiger partial charge in [-0.1, -0.05) is 6.92 Å². The van der Waals surface area contributed by atoms with Crippen LogP contribution in [0.25, 0.3) is 0 Å². The molecule has 0 aromatic heterocycles. The van der Waals surface area contributed by atoms with Gasteiger partial charge in [0.05, 0.1) is 19.6 Å². The summed E-state index contributed by atoms with van der Waals surface area (Å²) in [6, 6.07) is 0.255. The van der Waals surface area contributed by atoms with Crippen LogP contribution in [0.2, 0.25) is 0 Å². The van der Waals surface area contributed by atoms with Crippen molar-refractivity contribution in [1.29, 1.82) is 0 Å². The third-order valence-electron chi connectivity index (χ3n) is 3.62. The van der Waals surface area contributed by atoms with Crippen LogP contribution in [0.5, 0.6) is 0 Å². The molecule has 0 bridgehead atoms. The van der Waals surface area contributed by atoms with E-state index in [2.05, 4.69) is 13.8 Å². The van der Waals surface area contributed by atoms with Gasteiger partial charge in [0.25, 0.3) is 0 Å². The lowest BCUT2D eigenvalue weighted by Gasteiger charge is -2.44. The van der Waals surface area contributed by atoms with Crippen LogP contribution >= 0.6 is 0 Å². The molecule has 0 aliphatic carbocycles. The summed E-state index contributed by atoms with van der Waals surface area (Å²) in [6.07, 6.45) is 6.14. The molecule has 1 unspecified atom stereocenters. The molecule has 1 saturated heterocycles. The van der Waals surface area contributed by atoms with Gasteiger partial charge < -0.3 is 4.48 Å². The topological polar surface area (TPSA) is 17.1 Å². The van der Waals surface area contributed by atoms with E-state index in [0.717, 1.165) is 17.4 Å². The zero-order valence-electron chi connectivity index (χ0n) is 8.96. The van der Waals surface area contributed by atoms with Gasteiger partial charge in [0.15, 0.2) is 6.29 Å². The van der Waals surface area contributed by atoms with Crippen LogP contribution in [0, 0.1) is 0 Å². The number of quaternary nitrogens is 1. The zero-order chi connectivity index (χ0) is 9.73. The normalized spacial score (nSPS) is 23.8. The lowest BCUT2D eigenvalue weighted by molar-refractivity contribution is -0.944. The molecule has 1 aliphatic heterocycles. The van der Waals surface area contributed by atoms with Crippen LogP contribution < -0.4 is 0 Å². The molecule has 76 valence electrons. The number of aldehydes is 1. The van der Waals surface area contributed by atoms with E-state index in [1.54, 1.807) is 0 Å². The van der Waals surface area contributed by atoms with E-state index in [9.17, 15) is 4.79 Å². The monoisotopic (exact) mass is 184 g/mol. The first-order valence-corrected chi connectivity index (χ1v) is 5.60. The first kappa shape index (κ1) is 10.7. The number of hydrogen-bond donors (Lipinski definition) is 0. The van der Waals surface area contributed by atoms with Gasteiger partial charge in [-0.3, -0.25) is 4.79 Å². The minimum atomic E-state index is 0.255. The maximum atomic E-state index is 11.0. The summed E-state index contributed by atoms with van der Waals surface area (Å²) in [5, 5.41) is 0. The van der Waals surface area contributed by atoms with E-state index in [0.29, 0.717) is 0 Å². The minimum Gasteiger partial charge on any atom is -0.315 e. The number of likely N-dealkylation sites (N-methyl/N-ethyl adjacent to an activating group) is 1. The number of nitrogens with zero attached hydrogens (tertiary/aromatic N) is 1. The van der Waals surface area contributed by atoms with Crippen LogP contribution in [-0.2, 0) is 4.79 Å². The molecule has 1 atom stereocenters. The Balaban J connectivity index is 2.70. The highest BCUT2D eigenvalue weighted by atomic mass is 16.1. The third-order valence-corrected chi connectivity index (χ3v) is 3.62. The largest absolute Gasteiger partial charge is 0.315 e. The van der Waals surface area contributed by atoms with E-state index in [-0.39, 0.29) is 6.04 Å². The molecule has 0 aromatic rings. The molecule has 0 saturated carbocycles. The summed E-state index contributed by atoms with van der Waals surface area (Å²) >= 11 is 0. The zero-order valence-corrected chi connectivity index (χ0v) is 8.96. The van der Waals surface area contributed by atoms with E-state index in [1.165, 1.54) is 38.6 Å². The molecule has 1 heterocycles. The molecule has 1 rings (SSSR count). The maximum Gasteiger partial charge on any atom is 0.177 e. The van der Waals surface area contributed by atoms with Crippen molar-refractivity contribution in [3.8, 4) is 0 Å². The van der Waals surface area contributed by atoms with Gasteiger partial charge in [-0.25, -0.2) is 0 Å². The van der Waals surface area contributed by atoms with Crippen molar-refractivity contribution in [2.45, 2.75) is 45.6 Å². The van der Waals surface area contributed by atoms with Crippen molar-refractivity contribution in [1.82, 2.24) is 0 Å². The van der Waals surface area contributed by atoms with E-state index in [4.69, 9.17) is 0 Å². The van der Waals surface area contributed by atoms with Gasteiger partial charge >= 0.3 is 0 Å². The van der Waals surface area contributed by atoms with Crippen LogP contribution in [0.1, 0.15) is 39.5 Å². The molecule has 0 N–H and O–H groups in total. The van der Waals surface area contributed by atoms with Gasteiger partial charge in [0, 0.05) is 6.42 Å². The van der Waals surface area contributed by atoms with Crippen molar-refractivity contribution >= 4 is 6.29 Å². The summed E-state index contributed by atoms with van der Waals surface area (Å²) in [7, 11) is 0. The number of carbonyl (C=O) groups excluding carboxylic acids is 1. The second-order valence-corrected chi connectivity index (χ2v) is 4.15. The molecule has 2 heteroatoms. The number of hydrogen-bond acceptors (Lipinski definition) is 1. The molecule has 0 radical (unpaired) electrons. The van der Waals surface area contributed by atoms with Crippen molar-refractivity contribution in [3.05, 3.63) is 0 Å². The van der Waals surface area contributed by atoms with E-state index in [1.807, 2.05) is 0 Å². The Kier molecular flexibility index (Phi) is 3.91. The van der Waals surface area contributed by atoms with E-state index < -0.39 is 0 Å². The van der Waals surface area contributed by atoms with Crippen LogP contribution in [-0.4, -0.2) is 36.4 Å². The Morgan fingerprint density at radius 1 is 1.23 bits per heavy atom. The number of piperidine rings is 1. The summed E-state index contributed by atoms with van der Waals surface area (Å²) in [5.41, 5.74) is 0. The Bertz CT molecular complexity index is 161. The van der Waals surface area contributed by atoms with E-state index >= 15 is 0 Å². The highest BCUT2D eigenvalue weighted by Crippen LogP contribution is 2.23. The SMILES string of the molecule is CCC(C=O)[N+]1(CC)CCCCC1. The average Bonchev–Trinajstić information content (AvgIpc) is 2.21. The molecule has 0 spiro atoms. The second kappa shape index (κ2) is 4.75. The van der Waals surface area contributed by atoms with Gasteiger partial charge in [-0.05, 0) is 26.2 Å². The summed E-state index contributed by atoms with van der Waals surface area (Å²) in [5.74, 6) is 0. The van der Waals surface area contributed by atoms with Crippen LogP contribution in [0.4, 0.5) is 0 Å². The third kappa shape index (κ3) is 2.11. The Morgan fingerprint density at radius 2 is 1.85 bits per heavy atom. The predicted molar refractivity (Wildman–Crippen MR) is 54.5 cm³/mol. The van der Waals surface area contributed by atoms with Crippen LogP contribution in [0.15, 0.2) is 0 Å². The van der Waals surface area contributed by atoms with Crippen molar-refractivity contribution in [2.75, 3.05) is 19.6 Å². The predicted octanol–water partition coefficient (Wildman–Crippen LogP) is 1.98. The molecule has 0 aromatic carbocycles. The molecule has 1 fully saturated rings. The number of carbonyl (C=O) groups is 1. The average molecular weight is 184 g/mol. The quantitative estimate of drug-likeness (QED) is 0.482. The van der Waals surface area contributed by atoms with Crippen molar-refractivity contribution < 1.29 is 9.28 Å². The highest BCUT2D eigenvalue weighted by molar-refractivity contribution is 5.55. The second-order valence-electron chi connectivity index (χ2n) is 4.15. The van der Waals surface area contributed by atoms with Crippen molar-refractivity contribution in [2.24, 2.45) is 0 Å². The van der Waals surface area contributed by atoms with Gasteiger partial charge in [-0.15, -0.1) is 0 Å². The summed E-state index contributed by atoms with van der Waals surface area (Å²) in [4.78, 5) is 11.0. The minimum absolute atomic E-state index is 0.255. The standard InChI is InChI=1S/C11H22NO/c1-3-11(10-13)12(4-2)8-6-5-7-9-12/h10-11H,3-9H2,1-2H3/q+1. The summed E-state index contributed by atoms with van der Waals surface area (Å²) in [6.45, 7) is 7.90. The fraction of sp³-hybridized carbons (Fsp3) is 0.909. The molecular formula is C11H22NO+. The first-order chi connectivity index (χ1) is 6.29. The number of likely N-dealkylation sites (tertiary alicyclic amines) is 1. The summed E-state index contributed by atoms with van der Waals surface area (Å²) < 4.78 is 1.06. The highest BCUT2D eigenvalue weighted by Gasteiger charge is 2.35. The smallest absolute Gasteiger partial charge is 0.177 e. The van der Waals surface area contributed by atoms with Crippen LogP contribution in [0.3, 0.4) is 0 Å². The Labute approximate surface area is 81.5 Å². The molecule has 0 amide bonds. The number of rotatable bonds is 4. The molecule has 13 heavy (non-hydrogen) atoms. The fourth-order valence-electron chi connectivity index (χ4n) is 2.64. The fourth-order valence-corrected chi connectivity index (χ4v) is 2.64. The molecule has 1 aliphatic rings. The van der Waals surface area contributed by atoms with Gasteiger partial charge in [-0.2, -0.15) is 0 Å². The van der Waals surface area contributed by atoms with Crippen molar-refractivity contribution in [3.63, 3.8) is 0 Å². The lowest BCUT2D eigenvalue weighted by Crippen LogP contribution is -2.58. The van der Waals surface area contributed by atoms with Gasteiger partial charge in [0.1, 0.15) is 6.04 Å². The van der Waals surface area contributed by atoms with Gasteiger partial charge in [0.2, 0.25) is 0 Å². The maximum absolute atomic E-state index is 11.0. The molecule has 2 nitrogen and oxygen atoms in total. The lowest BCUT2D eigenvalue weighted by atomic mass is 10.0. The molecular weight excluding hydrogens is 162 g/mol. The Morgan fingerprint density at radius 3 is 2.23 bits per heavy atom.